The van der Waals surface area contributed by atoms with Crippen molar-refractivity contribution >= 4 is 15.4 Å². The highest BCUT2D eigenvalue weighted by atomic mass is 32.2. The molecule has 86 valence electrons. The van der Waals surface area contributed by atoms with Crippen LogP contribution < -0.4 is 0 Å². The van der Waals surface area contributed by atoms with Crippen molar-refractivity contribution in [3.8, 4) is 5.75 Å². The number of aliphatic hydroxyl groups is 1. The molecule has 0 saturated carbocycles. The summed E-state index contributed by atoms with van der Waals surface area (Å²) < 4.78 is 23.5. The van der Waals surface area contributed by atoms with Gasteiger partial charge in [-0.1, -0.05) is 0 Å². The monoisotopic (exact) mass is 240 g/mol. The minimum absolute atomic E-state index is 0.0750. The standard InChI is InChI=1S/C11H12O4S/c1-7(12)4-8-6-16(14,15)11-5-9(13)2-3-10(8)11/h2-3,5-7,12-13H,4H2,1H3. The second kappa shape index (κ2) is 3.61. The lowest BCUT2D eigenvalue weighted by molar-refractivity contribution is 0.201. The zero-order valence-corrected chi connectivity index (χ0v) is 9.53. The molecule has 1 aromatic carbocycles. The van der Waals surface area contributed by atoms with Crippen LogP contribution in [-0.2, 0) is 9.84 Å². The summed E-state index contributed by atoms with van der Waals surface area (Å²) in [6.45, 7) is 1.60. The summed E-state index contributed by atoms with van der Waals surface area (Å²) in [4.78, 5) is 0.114. The number of fused-ring (bicyclic) bond motifs is 1. The minimum Gasteiger partial charge on any atom is -0.508 e. The number of sulfone groups is 1. The first-order valence-electron chi connectivity index (χ1n) is 4.87. The third-order valence-corrected chi connectivity index (χ3v) is 3.98. The third kappa shape index (κ3) is 1.83. The molecule has 0 bridgehead atoms. The first kappa shape index (κ1) is 11.2. The van der Waals surface area contributed by atoms with E-state index in [4.69, 9.17) is 0 Å². The fourth-order valence-electron chi connectivity index (χ4n) is 1.80. The van der Waals surface area contributed by atoms with Gasteiger partial charge in [0.05, 0.1) is 11.0 Å². The van der Waals surface area contributed by atoms with Crippen LogP contribution >= 0.6 is 0 Å². The number of hydrogen-bond acceptors (Lipinski definition) is 4. The number of aliphatic hydroxyl groups excluding tert-OH is 1. The maximum atomic E-state index is 11.7. The van der Waals surface area contributed by atoms with E-state index >= 15 is 0 Å². The SMILES string of the molecule is CC(O)CC1=CS(=O)(=O)c2cc(O)ccc21. The van der Waals surface area contributed by atoms with Crippen LogP contribution in [0, 0.1) is 0 Å². The van der Waals surface area contributed by atoms with Gasteiger partial charge >= 0.3 is 0 Å². The Morgan fingerprint density at radius 1 is 1.38 bits per heavy atom. The van der Waals surface area contributed by atoms with E-state index in [-0.39, 0.29) is 17.1 Å². The molecule has 4 nitrogen and oxygen atoms in total. The number of hydrogen-bond donors (Lipinski definition) is 2. The van der Waals surface area contributed by atoms with Crippen LogP contribution in [0.15, 0.2) is 28.5 Å². The molecule has 0 aliphatic carbocycles. The van der Waals surface area contributed by atoms with Crippen LogP contribution in [0.4, 0.5) is 0 Å². The average molecular weight is 240 g/mol. The summed E-state index contributed by atoms with van der Waals surface area (Å²) in [7, 11) is -3.46. The van der Waals surface area contributed by atoms with Gasteiger partial charge < -0.3 is 10.2 Å². The molecule has 2 rings (SSSR count). The zero-order valence-electron chi connectivity index (χ0n) is 8.71. The summed E-state index contributed by atoms with van der Waals surface area (Å²) in [5, 5.41) is 19.7. The molecule has 0 saturated heterocycles. The van der Waals surface area contributed by atoms with Crippen LogP contribution in [-0.4, -0.2) is 24.7 Å². The number of benzene rings is 1. The van der Waals surface area contributed by atoms with Gasteiger partial charge in [0, 0.05) is 5.41 Å². The highest BCUT2D eigenvalue weighted by molar-refractivity contribution is 7.95. The Balaban J connectivity index is 2.56. The highest BCUT2D eigenvalue weighted by Crippen LogP contribution is 2.37. The van der Waals surface area contributed by atoms with Crippen LogP contribution in [0.5, 0.6) is 5.75 Å². The molecule has 16 heavy (non-hydrogen) atoms. The van der Waals surface area contributed by atoms with E-state index in [1.165, 1.54) is 12.1 Å². The smallest absolute Gasteiger partial charge is 0.200 e. The largest absolute Gasteiger partial charge is 0.508 e. The Morgan fingerprint density at radius 3 is 2.69 bits per heavy atom. The minimum atomic E-state index is -3.46. The number of rotatable bonds is 2. The Bertz CT molecular complexity index is 555. The molecule has 1 aliphatic rings. The molecule has 5 heteroatoms. The van der Waals surface area contributed by atoms with Crippen LogP contribution in [0.2, 0.25) is 0 Å². The Hall–Kier alpha value is -1.33. The van der Waals surface area contributed by atoms with Gasteiger partial charge in [0.2, 0.25) is 9.84 Å². The lowest BCUT2D eigenvalue weighted by Gasteiger charge is -2.06. The zero-order chi connectivity index (χ0) is 11.9. The molecule has 0 fully saturated rings. The number of phenolic OH excluding ortho intramolecular Hbond substituents is 1. The van der Waals surface area contributed by atoms with Crippen molar-refractivity contribution in [1.82, 2.24) is 0 Å². The van der Waals surface area contributed by atoms with Crippen molar-refractivity contribution in [2.45, 2.75) is 24.3 Å². The number of aromatic hydroxyl groups is 1. The average Bonchev–Trinajstić information content (AvgIpc) is 2.37. The molecule has 0 radical (unpaired) electrons. The fraction of sp³-hybridized carbons (Fsp3) is 0.273. The van der Waals surface area contributed by atoms with Crippen LogP contribution in [0.3, 0.4) is 0 Å². The van der Waals surface area contributed by atoms with Gasteiger partial charge in [0.15, 0.2) is 0 Å². The van der Waals surface area contributed by atoms with Crippen molar-refractivity contribution in [3.05, 3.63) is 29.2 Å². The van der Waals surface area contributed by atoms with E-state index in [9.17, 15) is 18.6 Å². The molecule has 1 heterocycles. The van der Waals surface area contributed by atoms with E-state index < -0.39 is 15.9 Å². The molecule has 1 unspecified atom stereocenters. The third-order valence-electron chi connectivity index (χ3n) is 2.43. The van der Waals surface area contributed by atoms with E-state index in [0.29, 0.717) is 11.1 Å². The van der Waals surface area contributed by atoms with Crippen LogP contribution in [0.25, 0.3) is 5.57 Å². The van der Waals surface area contributed by atoms with Crippen molar-refractivity contribution in [2.24, 2.45) is 0 Å². The molecule has 1 aromatic rings. The first-order valence-corrected chi connectivity index (χ1v) is 6.42. The lowest BCUT2D eigenvalue weighted by Crippen LogP contribution is -1.99. The lowest BCUT2D eigenvalue weighted by atomic mass is 10.0. The quantitative estimate of drug-likeness (QED) is 0.817. The summed E-state index contributed by atoms with van der Waals surface area (Å²) >= 11 is 0. The number of phenols is 1. The predicted molar refractivity (Wildman–Crippen MR) is 59.6 cm³/mol. The maximum Gasteiger partial charge on any atom is 0.200 e. The van der Waals surface area contributed by atoms with Gasteiger partial charge in [0.25, 0.3) is 0 Å². The Kier molecular flexibility index (Phi) is 2.52. The highest BCUT2D eigenvalue weighted by Gasteiger charge is 2.27. The summed E-state index contributed by atoms with van der Waals surface area (Å²) in [5.41, 5.74) is 1.16. The maximum absolute atomic E-state index is 11.7. The summed E-state index contributed by atoms with van der Waals surface area (Å²) in [6.07, 6.45) is -0.307. The Labute approximate surface area is 93.8 Å². The van der Waals surface area contributed by atoms with Gasteiger partial charge in [-0.25, -0.2) is 8.42 Å². The molecule has 0 amide bonds. The molecule has 1 aliphatic heterocycles. The molecule has 1 atom stereocenters. The van der Waals surface area contributed by atoms with Crippen molar-refractivity contribution < 1.29 is 18.6 Å². The van der Waals surface area contributed by atoms with Crippen molar-refractivity contribution in [3.63, 3.8) is 0 Å². The predicted octanol–water partition coefficient (Wildman–Crippen LogP) is 1.29. The second-order valence-corrected chi connectivity index (χ2v) is 5.69. The van der Waals surface area contributed by atoms with Gasteiger partial charge in [-0.2, -0.15) is 0 Å². The summed E-state index contributed by atoms with van der Waals surface area (Å²) in [5.74, 6) is -0.0750. The molecule has 0 spiro atoms. The Morgan fingerprint density at radius 2 is 2.06 bits per heavy atom. The van der Waals surface area contributed by atoms with E-state index in [1.54, 1.807) is 13.0 Å². The van der Waals surface area contributed by atoms with Gasteiger partial charge in [-0.05, 0) is 42.7 Å². The molecular weight excluding hydrogens is 228 g/mol. The van der Waals surface area contributed by atoms with Gasteiger partial charge in [-0.15, -0.1) is 0 Å². The molecular formula is C11H12O4S. The first-order chi connectivity index (χ1) is 7.40. The van der Waals surface area contributed by atoms with Gasteiger partial charge in [0.1, 0.15) is 5.75 Å². The van der Waals surface area contributed by atoms with E-state index in [2.05, 4.69) is 0 Å². The second-order valence-electron chi connectivity index (χ2n) is 3.92. The van der Waals surface area contributed by atoms with E-state index in [1.807, 2.05) is 0 Å². The topological polar surface area (TPSA) is 74.6 Å². The van der Waals surface area contributed by atoms with Crippen molar-refractivity contribution in [1.29, 1.82) is 0 Å². The van der Waals surface area contributed by atoms with Crippen LogP contribution in [0.1, 0.15) is 18.9 Å². The fourth-order valence-corrected chi connectivity index (χ4v) is 3.32. The normalized spacial score (nSPS) is 19.0. The molecule has 2 N–H and O–H groups in total. The summed E-state index contributed by atoms with van der Waals surface area (Å²) in [6, 6.07) is 4.23. The van der Waals surface area contributed by atoms with Crippen molar-refractivity contribution in [2.75, 3.05) is 0 Å². The van der Waals surface area contributed by atoms with Gasteiger partial charge in [-0.3, -0.25) is 0 Å². The van der Waals surface area contributed by atoms with E-state index in [0.717, 1.165) is 5.41 Å². The molecule has 0 aromatic heterocycles.